The molecule has 0 unspecified atom stereocenters. The standard InChI is InChI=1S/C26H30ClN7O3/c1-15-6-8-17(9-7-15)13-34-21-20(18-4-3-5-19(27)12-18)28-23(24-31-32-26(35)37-24)29-22(21)30-25(34)33-10-11-36-14-16(33)2/h3-5,12,15-17H,6-11,13-14H2,1-2H3,(H,32,35)/t15?,16-,17?/m1/s1. The molecule has 3 aromatic heterocycles. The number of imidazole rings is 1. The molecular weight excluding hydrogens is 494 g/mol. The average molecular weight is 524 g/mol. The monoisotopic (exact) mass is 523 g/mol. The Morgan fingerprint density at radius 3 is 2.70 bits per heavy atom. The first-order valence-corrected chi connectivity index (χ1v) is 13.3. The largest absolute Gasteiger partial charge is 0.434 e. The number of morpholine rings is 1. The zero-order chi connectivity index (χ0) is 25.5. The molecule has 1 saturated carbocycles. The van der Waals surface area contributed by atoms with Gasteiger partial charge in [0.15, 0.2) is 5.65 Å². The molecule has 1 N–H and O–H groups in total. The Hall–Kier alpha value is -3.24. The van der Waals surface area contributed by atoms with Crippen molar-refractivity contribution in [2.75, 3.05) is 24.7 Å². The smallest absolute Gasteiger partial charge is 0.384 e. The van der Waals surface area contributed by atoms with Gasteiger partial charge in [-0.3, -0.25) is 0 Å². The van der Waals surface area contributed by atoms with Gasteiger partial charge in [0.25, 0.3) is 5.89 Å². The number of ether oxygens (including phenoxy) is 1. The van der Waals surface area contributed by atoms with Gasteiger partial charge in [0.1, 0.15) is 11.2 Å². The van der Waals surface area contributed by atoms with Gasteiger partial charge < -0.3 is 18.6 Å². The van der Waals surface area contributed by atoms with E-state index in [9.17, 15) is 4.79 Å². The minimum atomic E-state index is -0.664. The summed E-state index contributed by atoms with van der Waals surface area (Å²) in [5, 5.41) is 6.86. The Balaban J connectivity index is 1.58. The quantitative estimate of drug-likeness (QED) is 0.405. The molecule has 1 saturated heterocycles. The Bertz CT molecular complexity index is 1470. The molecule has 0 radical (unpaired) electrons. The topological polar surface area (TPSA) is 115 Å². The van der Waals surface area contributed by atoms with Crippen LogP contribution in [0.4, 0.5) is 5.95 Å². The lowest BCUT2D eigenvalue weighted by Gasteiger charge is -2.35. The first kappa shape index (κ1) is 24.1. The summed E-state index contributed by atoms with van der Waals surface area (Å²) in [5.41, 5.74) is 2.88. The molecule has 4 heterocycles. The first-order chi connectivity index (χ1) is 18.0. The number of aromatic amines is 1. The van der Waals surface area contributed by atoms with E-state index in [0.717, 1.165) is 36.0 Å². The van der Waals surface area contributed by atoms with Crippen LogP contribution in [0, 0.1) is 11.8 Å². The van der Waals surface area contributed by atoms with Crippen LogP contribution < -0.4 is 10.7 Å². The van der Waals surface area contributed by atoms with Crippen molar-refractivity contribution in [2.24, 2.45) is 11.8 Å². The van der Waals surface area contributed by atoms with Crippen LogP contribution in [0.3, 0.4) is 0 Å². The first-order valence-electron chi connectivity index (χ1n) is 12.9. The van der Waals surface area contributed by atoms with E-state index in [1.165, 1.54) is 25.7 Å². The number of hydrogen-bond donors (Lipinski definition) is 1. The number of fused-ring (bicyclic) bond motifs is 1. The molecule has 0 spiro atoms. The van der Waals surface area contributed by atoms with Crippen LogP contribution in [-0.4, -0.2) is 55.5 Å². The minimum absolute atomic E-state index is 0.0206. The molecule has 10 nitrogen and oxygen atoms in total. The van der Waals surface area contributed by atoms with E-state index in [1.54, 1.807) is 0 Å². The van der Waals surface area contributed by atoms with Gasteiger partial charge in [-0.2, -0.15) is 4.98 Å². The number of nitrogens with one attached hydrogen (secondary N) is 1. The fourth-order valence-electron chi connectivity index (χ4n) is 5.47. The van der Waals surface area contributed by atoms with E-state index in [-0.39, 0.29) is 17.8 Å². The summed E-state index contributed by atoms with van der Waals surface area (Å²) in [6.45, 7) is 7.34. The van der Waals surface area contributed by atoms with E-state index in [1.807, 2.05) is 24.3 Å². The Morgan fingerprint density at radius 1 is 1.14 bits per heavy atom. The van der Waals surface area contributed by atoms with E-state index in [2.05, 4.69) is 33.5 Å². The van der Waals surface area contributed by atoms with Crippen molar-refractivity contribution in [2.45, 2.75) is 52.1 Å². The van der Waals surface area contributed by atoms with Crippen LogP contribution in [-0.2, 0) is 11.3 Å². The molecule has 0 amide bonds. The highest BCUT2D eigenvalue weighted by molar-refractivity contribution is 6.30. The molecule has 1 atom stereocenters. The predicted octanol–water partition coefficient (Wildman–Crippen LogP) is 4.54. The molecule has 1 aliphatic carbocycles. The number of H-pyrrole nitrogens is 1. The van der Waals surface area contributed by atoms with Gasteiger partial charge in [-0.25, -0.2) is 19.9 Å². The van der Waals surface area contributed by atoms with Gasteiger partial charge in [0.2, 0.25) is 11.8 Å². The lowest BCUT2D eigenvalue weighted by molar-refractivity contribution is 0.0976. The molecule has 194 valence electrons. The second-order valence-electron chi connectivity index (χ2n) is 10.3. The van der Waals surface area contributed by atoms with Crippen LogP contribution in [0.15, 0.2) is 33.5 Å². The second kappa shape index (κ2) is 9.90. The van der Waals surface area contributed by atoms with E-state index in [0.29, 0.717) is 35.5 Å². The Morgan fingerprint density at radius 2 is 1.97 bits per heavy atom. The van der Waals surface area contributed by atoms with Crippen molar-refractivity contribution in [1.82, 2.24) is 29.7 Å². The molecule has 1 aliphatic heterocycles. The fourth-order valence-corrected chi connectivity index (χ4v) is 5.66. The maximum Gasteiger partial charge on any atom is 0.434 e. The Kier molecular flexibility index (Phi) is 6.46. The number of aromatic nitrogens is 6. The van der Waals surface area contributed by atoms with Crippen molar-refractivity contribution in [3.8, 4) is 23.0 Å². The lowest BCUT2D eigenvalue weighted by Crippen LogP contribution is -2.45. The van der Waals surface area contributed by atoms with Crippen molar-refractivity contribution >= 4 is 28.7 Å². The number of rotatable bonds is 5. The number of nitrogens with zero attached hydrogens (tertiary/aromatic N) is 6. The summed E-state index contributed by atoms with van der Waals surface area (Å²) in [6, 6.07) is 7.74. The number of hydrogen-bond acceptors (Lipinski definition) is 8. The molecule has 2 aliphatic rings. The van der Waals surface area contributed by atoms with Crippen LogP contribution in [0.5, 0.6) is 0 Å². The highest BCUT2D eigenvalue weighted by atomic mass is 35.5. The summed E-state index contributed by atoms with van der Waals surface area (Å²) in [7, 11) is 0. The van der Waals surface area contributed by atoms with Gasteiger partial charge in [0, 0.05) is 23.7 Å². The highest BCUT2D eigenvalue weighted by Gasteiger charge is 2.30. The SMILES string of the molecule is CC1CCC(Cn2c(N3CCOC[C@H]3C)nc3nc(-c4n[nH]c(=O)o4)nc(-c4cccc(Cl)c4)c32)CC1. The molecule has 2 fully saturated rings. The second-order valence-corrected chi connectivity index (χ2v) is 10.7. The summed E-state index contributed by atoms with van der Waals surface area (Å²) in [6.07, 6.45) is 4.84. The van der Waals surface area contributed by atoms with Crippen LogP contribution in [0.1, 0.15) is 39.5 Å². The third-order valence-electron chi connectivity index (χ3n) is 7.51. The third-order valence-corrected chi connectivity index (χ3v) is 7.75. The zero-order valence-electron chi connectivity index (χ0n) is 21.0. The van der Waals surface area contributed by atoms with Crippen molar-refractivity contribution in [1.29, 1.82) is 0 Å². The normalized spacial score (nSPS) is 22.6. The Labute approximate surface area is 219 Å². The van der Waals surface area contributed by atoms with Gasteiger partial charge >= 0.3 is 5.76 Å². The fraction of sp³-hybridized carbons (Fsp3) is 0.500. The molecule has 4 aromatic rings. The van der Waals surface area contributed by atoms with Crippen LogP contribution in [0.2, 0.25) is 5.02 Å². The minimum Gasteiger partial charge on any atom is -0.384 e. The molecule has 0 bridgehead atoms. The predicted molar refractivity (Wildman–Crippen MR) is 141 cm³/mol. The third kappa shape index (κ3) is 4.75. The van der Waals surface area contributed by atoms with Crippen molar-refractivity contribution < 1.29 is 9.15 Å². The summed E-state index contributed by atoms with van der Waals surface area (Å²) in [4.78, 5) is 28.6. The van der Waals surface area contributed by atoms with Gasteiger partial charge in [-0.15, -0.1) is 5.10 Å². The lowest BCUT2D eigenvalue weighted by atomic mass is 9.83. The van der Waals surface area contributed by atoms with E-state index in [4.69, 9.17) is 35.7 Å². The molecule has 1 aromatic carbocycles. The van der Waals surface area contributed by atoms with Crippen LogP contribution >= 0.6 is 11.6 Å². The highest BCUT2D eigenvalue weighted by Crippen LogP contribution is 2.37. The van der Waals surface area contributed by atoms with Gasteiger partial charge in [0.05, 0.1) is 19.3 Å². The van der Waals surface area contributed by atoms with Crippen molar-refractivity contribution in [3.63, 3.8) is 0 Å². The maximum absolute atomic E-state index is 11.7. The number of halogens is 1. The van der Waals surface area contributed by atoms with Crippen LogP contribution in [0.25, 0.3) is 34.1 Å². The summed E-state index contributed by atoms with van der Waals surface area (Å²) < 4.78 is 13.2. The van der Waals surface area contributed by atoms with Crippen molar-refractivity contribution in [3.05, 3.63) is 39.8 Å². The number of anilines is 1. The maximum atomic E-state index is 11.7. The van der Waals surface area contributed by atoms with E-state index < -0.39 is 5.76 Å². The average Bonchev–Trinajstić information content (AvgIpc) is 3.49. The summed E-state index contributed by atoms with van der Waals surface area (Å²) in [5.74, 6) is 1.72. The zero-order valence-corrected chi connectivity index (χ0v) is 21.7. The molecule has 37 heavy (non-hydrogen) atoms. The molecular formula is C26H30ClN7O3. The molecule has 6 rings (SSSR count). The van der Waals surface area contributed by atoms with Gasteiger partial charge in [-0.1, -0.05) is 43.5 Å². The van der Waals surface area contributed by atoms with E-state index >= 15 is 0 Å². The van der Waals surface area contributed by atoms with Gasteiger partial charge in [-0.05, 0) is 43.7 Å². The molecule has 11 heteroatoms. The number of benzene rings is 1. The summed E-state index contributed by atoms with van der Waals surface area (Å²) >= 11 is 6.40.